The predicted molar refractivity (Wildman–Crippen MR) is 76.1 cm³/mol. The van der Waals surface area contributed by atoms with Gasteiger partial charge in [-0.15, -0.1) is 0 Å². The second-order valence-corrected chi connectivity index (χ2v) is 7.44. The number of fused-ring (bicyclic) bond motifs is 1. The molecule has 5 nitrogen and oxygen atoms in total. The van der Waals surface area contributed by atoms with Crippen LogP contribution in [0.2, 0.25) is 0 Å². The van der Waals surface area contributed by atoms with Gasteiger partial charge in [-0.05, 0) is 12.5 Å². The molecule has 1 aliphatic rings. The molecule has 1 aromatic heterocycles. The quantitative estimate of drug-likeness (QED) is 0.879. The lowest BCUT2D eigenvalue weighted by atomic mass is 10.2. The Hall–Kier alpha value is -1.53. The first kappa shape index (κ1) is 13.5. The molecule has 3 rings (SSSR count). The van der Waals surface area contributed by atoms with Crippen LogP contribution in [0, 0.1) is 0 Å². The number of hydrogen-bond donors (Lipinski definition) is 1. The number of rotatable bonds is 3. The van der Waals surface area contributed by atoms with Gasteiger partial charge < -0.3 is 9.88 Å². The third-order valence-electron chi connectivity index (χ3n) is 3.52. The van der Waals surface area contributed by atoms with Gasteiger partial charge in [-0.3, -0.25) is 4.79 Å². The maximum atomic E-state index is 11.6. The molecule has 1 saturated heterocycles. The lowest BCUT2D eigenvalue weighted by Crippen LogP contribution is -2.29. The van der Waals surface area contributed by atoms with Crippen LogP contribution in [-0.4, -0.2) is 24.9 Å². The monoisotopic (exact) mass is 312 g/mol. The summed E-state index contributed by atoms with van der Waals surface area (Å²) in [6, 6.07) is 7.22. The third-order valence-corrected chi connectivity index (χ3v) is 4.87. The number of carbonyl (C=O) groups is 1. The first-order chi connectivity index (χ1) is 9.45. The summed E-state index contributed by atoms with van der Waals surface area (Å²) in [6.07, 6.45) is 2.82. The van der Waals surface area contributed by atoms with E-state index in [-0.39, 0.29) is 16.8 Å². The van der Waals surface area contributed by atoms with Crippen molar-refractivity contribution in [2.75, 3.05) is 0 Å². The summed E-state index contributed by atoms with van der Waals surface area (Å²) in [6.45, 7) is 0.540. The van der Waals surface area contributed by atoms with Gasteiger partial charge in [-0.2, -0.15) is 0 Å². The minimum Gasteiger partial charge on any atom is -0.352 e. The minimum absolute atomic E-state index is 0.0317. The van der Waals surface area contributed by atoms with Crippen LogP contribution < -0.4 is 5.32 Å². The first-order valence-corrected chi connectivity index (χ1v) is 8.58. The molecule has 1 amide bonds. The van der Waals surface area contributed by atoms with Crippen LogP contribution in [0.5, 0.6) is 0 Å². The number of carbonyl (C=O) groups excluding carboxylic acids is 1. The molecule has 0 spiro atoms. The van der Waals surface area contributed by atoms with E-state index in [0.717, 1.165) is 11.9 Å². The molecule has 7 heteroatoms. The molecule has 1 N–H and O–H groups in total. The number of hydrogen-bond acceptors (Lipinski definition) is 3. The largest absolute Gasteiger partial charge is 0.352 e. The Morgan fingerprint density at radius 3 is 2.75 bits per heavy atom. The molecule has 1 atom stereocenters. The molecule has 20 heavy (non-hydrogen) atoms. The van der Waals surface area contributed by atoms with Crippen LogP contribution >= 0.6 is 10.7 Å². The van der Waals surface area contributed by atoms with Crippen molar-refractivity contribution in [2.45, 2.75) is 30.3 Å². The van der Waals surface area contributed by atoms with Crippen LogP contribution in [0.3, 0.4) is 0 Å². The maximum absolute atomic E-state index is 11.6. The highest BCUT2D eigenvalue weighted by Gasteiger charge is 2.24. The maximum Gasteiger partial charge on any atom is 0.263 e. The molecule has 0 radical (unpaired) electrons. The van der Waals surface area contributed by atoms with Crippen LogP contribution in [0.1, 0.15) is 12.8 Å². The van der Waals surface area contributed by atoms with Crippen molar-refractivity contribution in [1.82, 2.24) is 9.88 Å². The summed E-state index contributed by atoms with van der Waals surface area (Å²) in [5.41, 5.74) is 0.799. The third kappa shape index (κ3) is 2.41. The second-order valence-electron chi connectivity index (χ2n) is 4.90. The Balaban J connectivity index is 2.05. The van der Waals surface area contributed by atoms with Crippen molar-refractivity contribution in [3.8, 4) is 0 Å². The summed E-state index contributed by atoms with van der Waals surface area (Å²) >= 11 is 0. The van der Waals surface area contributed by atoms with Gasteiger partial charge in [0.1, 0.15) is 4.90 Å². The van der Waals surface area contributed by atoms with Crippen LogP contribution in [0.15, 0.2) is 35.4 Å². The Bertz CT molecular complexity index is 782. The summed E-state index contributed by atoms with van der Waals surface area (Å²) in [4.78, 5) is 11.3. The fourth-order valence-electron chi connectivity index (χ4n) is 2.61. The molecule has 2 heterocycles. The highest BCUT2D eigenvalue weighted by Crippen LogP contribution is 2.28. The van der Waals surface area contributed by atoms with Gasteiger partial charge in [0.2, 0.25) is 5.91 Å². The van der Waals surface area contributed by atoms with E-state index in [9.17, 15) is 13.2 Å². The van der Waals surface area contributed by atoms with Gasteiger partial charge >= 0.3 is 0 Å². The van der Waals surface area contributed by atoms with Gasteiger partial charge in [0, 0.05) is 46.8 Å². The molecule has 1 aromatic carbocycles. The molecule has 0 aliphatic carbocycles. The van der Waals surface area contributed by atoms with Crippen LogP contribution in [0.25, 0.3) is 10.9 Å². The highest BCUT2D eigenvalue weighted by atomic mass is 35.7. The SMILES string of the molecule is O=C1CCC(Cn2cc(S(=O)(=O)Cl)c3ccccc32)N1. The average molecular weight is 313 g/mol. The molecule has 106 valence electrons. The fraction of sp³-hybridized carbons (Fsp3) is 0.308. The Kier molecular flexibility index (Phi) is 3.22. The van der Waals surface area contributed by atoms with E-state index in [4.69, 9.17) is 10.7 Å². The van der Waals surface area contributed by atoms with E-state index in [1.165, 1.54) is 6.20 Å². The van der Waals surface area contributed by atoms with Crippen molar-refractivity contribution in [3.63, 3.8) is 0 Å². The zero-order valence-electron chi connectivity index (χ0n) is 10.5. The van der Waals surface area contributed by atoms with E-state index in [2.05, 4.69) is 5.32 Å². The number of nitrogens with one attached hydrogen (secondary N) is 1. The lowest BCUT2D eigenvalue weighted by Gasteiger charge is -2.12. The zero-order chi connectivity index (χ0) is 14.3. The zero-order valence-corrected chi connectivity index (χ0v) is 12.1. The molecule has 0 saturated carbocycles. The molecule has 2 aromatic rings. The van der Waals surface area contributed by atoms with Crippen molar-refractivity contribution in [3.05, 3.63) is 30.5 Å². The summed E-state index contributed by atoms with van der Waals surface area (Å²) in [5, 5.41) is 3.48. The smallest absolute Gasteiger partial charge is 0.263 e. The molecule has 0 bridgehead atoms. The van der Waals surface area contributed by atoms with E-state index in [1.807, 2.05) is 16.7 Å². The summed E-state index contributed by atoms with van der Waals surface area (Å²) in [5.74, 6) is 0.0386. The van der Waals surface area contributed by atoms with Crippen molar-refractivity contribution in [2.24, 2.45) is 0 Å². The molecule has 1 unspecified atom stereocenters. The standard InChI is InChI=1S/C13H13ClN2O3S/c14-20(18,19)12-8-16(7-9-5-6-13(17)15-9)11-4-2-1-3-10(11)12/h1-4,8-9H,5-7H2,(H,15,17). The predicted octanol–water partition coefficient (Wildman–Crippen LogP) is 1.85. The highest BCUT2D eigenvalue weighted by molar-refractivity contribution is 8.14. The topological polar surface area (TPSA) is 68.2 Å². The lowest BCUT2D eigenvalue weighted by molar-refractivity contribution is -0.119. The fourth-order valence-corrected chi connectivity index (χ4v) is 3.67. The van der Waals surface area contributed by atoms with Gasteiger partial charge in [0.05, 0.1) is 0 Å². The van der Waals surface area contributed by atoms with E-state index in [1.54, 1.807) is 12.1 Å². The minimum atomic E-state index is -3.79. The van der Waals surface area contributed by atoms with Gasteiger partial charge in [-0.25, -0.2) is 8.42 Å². The van der Waals surface area contributed by atoms with Crippen LogP contribution in [-0.2, 0) is 20.4 Å². The number of halogens is 1. The van der Waals surface area contributed by atoms with Crippen molar-refractivity contribution < 1.29 is 13.2 Å². The normalized spacial score (nSPS) is 19.4. The first-order valence-electron chi connectivity index (χ1n) is 6.27. The molecule has 1 fully saturated rings. The second kappa shape index (κ2) is 4.79. The summed E-state index contributed by atoms with van der Waals surface area (Å²) < 4.78 is 25.1. The van der Waals surface area contributed by atoms with Gasteiger partial charge in [-0.1, -0.05) is 18.2 Å². The van der Waals surface area contributed by atoms with E-state index >= 15 is 0 Å². The molecular weight excluding hydrogens is 300 g/mol. The number of nitrogens with zero attached hydrogens (tertiary/aromatic N) is 1. The summed E-state index contributed by atoms with van der Waals surface area (Å²) in [7, 11) is 1.69. The van der Waals surface area contributed by atoms with E-state index in [0.29, 0.717) is 18.4 Å². The van der Waals surface area contributed by atoms with Crippen molar-refractivity contribution in [1.29, 1.82) is 0 Å². The number of aromatic nitrogens is 1. The molecular formula is C13H13ClN2O3S. The number of benzene rings is 1. The Morgan fingerprint density at radius 1 is 1.35 bits per heavy atom. The molecule has 1 aliphatic heterocycles. The Morgan fingerprint density at radius 2 is 2.10 bits per heavy atom. The van der Waals surface area contributed by atoms with Crippen molar-refractivity contribution >= 4 is 36.5 Å². The van der Waals surface area contributed by atoms with E-state index < -0.39 is 9.05 Å². The Labute approximate surface area is 120 Å². The number of para-hydroxylation sites is 1. The van der Waals surface area contributed by atoms with Gasteiger partial charge in [0.15, 0.2) is 0 Å². The van der Waals surface area contributed by atoms with Gasteiger partial charge in [0.25, 0.3) is 9.05 Å². The average Bonchev–Trinajstić information content (AvgIpc) is 2.94. The number of amides is 1. The van der Waals surface area contributed by atoms with Crippen LogP contribution in [0.4, 0.5) is 0 Å².